The number of hydrogen-bond donors (Lipinski definition) is 0. The van der Waals surface area contributed by atoms with E-state index in [4.69, 9.17) is 4.52 Å². The van der Waals surface area contributed by atoms with Gasteiger partial charge in [-0.15, -0.1) is 0 Å². The van der Waals surface area contributed by atoms with Gasteiger partial charge in [0.1, 0.15) is 17.6 Å². The van der Waals surface area contributed by atoms with E-state index in [1.165, 1.54) is 0 Å². The molecule has 1 unspecified atom stereocenters. The van der Waals surface area contributed by atoms with E-state index in [-0.39, 0.29) is 17.9 Å². The van der Waals surface area contributed by atoms with Crippen LogP contribution in [0, 0.1) is 0 Å². The highest BCUT2D eigenvalue weighted by Gasteiger charge is 2.23. The standard InChI is InChI=1S/C19H23N5O2/c1-13(2)18-21-9-10-24(18)14(3)19(25)23(4)12-16-11-17(22-26-16)15-5-7-20-8-6-15/h5-11,13-14H,12H2,1-4H3. The summed E-state index contributed by atoms with van der Waals surface area (Å²) in [5.41, 5.74) is 1.66. The second kappa shape index (κ2) is 7.51. The van der Waals surface area contributed by atoms with Gasteiger partial charge in [-0.1, -0.05) is 19.0 Å². The van der Waals surface area contributed by atoms with Gasteiger partial charge in [-0.2, -0.15) is 0 Å². The summed E-state index contributed by atoms with van der Waals surface area (Å²) in [5, 5.41) is 4.07. The molecule has 3 aromatic rings. The number of pyridine rings is 1. The Kier molecular flexibility index (Phi) is 5.16. The highest BCUT2D eigenvalue weighted by atomic mass is 16.5. The molecule has 0 N–H and O–H groups in total. The molecule has 3 rings (SSSR count). The second-order valence-electron chi connectivity index (χ2n) is 6.63. The zero-order valence-electron chi connectivity index (χ0n) is 15.5. The van der Waals surface area contributed by atoms with E-state index in [1.807, 2.05) is 35.9 Å². The number of amides is 1. The summed E-state index contributed by atoms with van der Waals surface area (Å²) in [4.78, 5) is 22.8. The van der Waals surface area contributed by atoms with Gasteiger partial charge in [0.2, 0.25) is 5.91 Å². The lowest BCUT2D eigenvalue weighted by atomic mass is 10.2. The molecule has 7 heteroatoms. The maximum absolute atomic E-state index is 12.8. The molecular formula is C19H23N5O2. The number of likely N-dealkylation sites (N-methyl/N-ethyl adjacent to an activating group) is 1. The Morgan fingerprint density at radius 2 is 1.96 bits per heavy atom. The van der Waals surface area contributed by atoms with Gasteiger partial charge in [-0.05, 0) is 19.1 Å². The lowest BCUT2D eigenvalue weighted by Crippen LogP contribution is -2.33. The molecular weight excluding hydrogens is 330 g/mol. The first-order valence-corrected chi connectivity index (χ1v) is 8.61. The first-order chi connectivity index (χ1) is 12.5. The molecule has 0 bridgehead atoms. The molecule has 26 heavy (non-hydrogen) atoms. The van der Waals surface area contributed by atoms with Crippen molar-refractivity contribution in [2.75, 3.05) is 7.05 Å². The van der Waals surface area contributed by atoms with Crippen LogP contribution in [0.3, 0.4) is 0 Å². The lowest BCUT2D eigenvalue weighted by molar-refractivity contribution is -0.133. The molecule has 0 saturated carbocycles. The lowest BCUT2D eigenvalue weighted by Gasteiger charge is -2.23. The van der Waals surface area contributed by atoms with Crippen LogP contribution >= 0.6 is 0 Å². The van der Waals surface area contributed by atoms with Crippen LogP contribution in [0.5, 0.6) is 0 Å². The van der Waals surface area contributed by atoms with E-state index < -0.39 is 0 Å². The molecule has 136 valence electrons. The van der Waals surface area contributed by atoms with E-state index in [1.54, 1.807) is 30.5 Å². The molecule has 0 aliphatic heterocycles. The average molecular weight is 353 g/mol. The Morgan fingerprint density at radius 1 is 1.23 bits per heavy atom. The Morgan fingerprint density at radius 3 is 2.65 bits per heavy atom. The smallest absolute Gasteiger partial charge is 0.245 e. The molecule has 1 atom stereocenters. The van der Waals surface area contributed by atoms with Gasteiger partial charge in [-0.25, -0.2) is 4.98 Å². The van der Waals surface area contributed by atoms with Gasteiger partial charge in [0, 0.05) is 49.4 Å². The molecule has 7 nitrogen and oxygen atoms in total. The van der Waals surface area contributed by atoms with Crippen molar-refractivity contribution in [2.45, 2.75) is 39.3 Å². The number of hydrogen-bond acceptors (Lipinski definition) is 5. The maximum atomic E-state index is 12.8. The van der Waals surface area contributed by atoms with E-state index in [0.29, 0.717) is 12.3 Å². The fraction of sp³-hybridized carbons (Fsp3) is 0.368. The van der Waals surface area contributed by atoms with Crippen molar-refractivity contribution in [1.82, 2.24) is 24.6 Å². The molecule has 0 radical (unpaired) electrons. The molecule has 0 saturated heterocycles. The molecule has 0 aliphatic carbocycles. The third kappa shape index (κ3) is 3.66. The molecule has 1 amide bonds. The van der Waals surface area contributed by atoms with Gasteiger partial charge in [-0.3, -0.25) is 9.78 Å². The third-order valence-electron chi connectivity index (χ3n) is 4.29. The number of carbonyl (C=O) groups excluding carboxylic acids is 1. The van der Waals surface area contributed by atoms with Crippen LogP contribution in [0.25, 0.3) is 11.3 Å². The molecule has 0 aromatic carbocycles. The van der Waals surface area contributed by atoms with Gasteiger partial charge in [0.25, 0.3) is 0 Å². The molecule has 0 fully saturated rings. The highest BCUT2D eigenvalue weighted by molar-refractivity contribution is 5.79. The Hall–Kier alpha value is -2.96. The average Bonchev–Trinajstić information content (AvgIpc) is 3.30. The minimum Gasteiger partial charge on any atom is -0.359 e. The fourth-order valence-corrected chi connectivity index (χ4v) is 2.90. The zero-order valence-corrected chi connectivity index (χ0v) is 15.5. The van der Waals surface area contributed by atoms with E-state index >= 15 is 0 Å². The molecule has 3 aromatic heterocycles. The van der Waals surface area contributed by atoms with Crippen LogP contribution < -0.4 is 0 Å². The third-order valence-corrected chi connectivity index (χ3v) is 4.29. The number of aromatic nitrogens is 4. The predicted molar refractivity (Wildman–Crippen MR) is 97.2 cm³/mol. The van der Waals surface area contributed by atoms with E-state index in [9.17, 15) is 4.79 Å². The van der Waals surface area contributed by atoms with E-state index in [0.717, 1.165) is 17.1 Å². The van der Waals surface area contributed by atoms with Crippen LogP contribution in [0.4, 0.5) is 0 Å². The number of imidazole rings is 1. The van der Waals surface area contributed by atoms with Gasteiger partial charge >= 0.3 is 0 Å². The minimum atomic E-state index is -0.331. The Balaban J connectivity index is 1.70. The van der Waals surface area contributed by atoms with Gasteiger partial charge in [0.05, 0.1) is 6.54 Å². The normalized spacial score (nSPS) is 12.3. The number of carbonyl (C=O) groups is 1. The summed E-state index contributed by atoms with van der Waals surface area (Å²) in [7, 11) is 1.76. The quantitative estimate of drug-likeness (QED) is 0.680. The minimum absolute atomic E-state index is 0.00763. The van der Waals surface area contributed by atoms with Crippen LogP contribution in [0.2, 0.25) is 0 Å². The van der Waals surface area contributed by atoms with Crippen molar-refractivity contribution in [3.8, 4) is 11.3 Å². The summed E-state index contributed by atoms with van der Waals surface area (Å²) < 4.78 is 7.31. The van der Waals surface area contributed by atoms with Gasteiger partial charge < -0.3 is 14.0 Å². The predicted octanol–water partition coefficient (Wildman–Crippen LogP) is 3.28. The molecule has 3 heterocycles. The van der Waals surface area contributed by atoms with Crippen molar-refractivity contribution in [2.24, 2.45) is 0 Å². The number of rotatable bonds is 6. The topological polar surface area (TPSA) is 77.1 Å². The largest absolute Gasteiger partial charge is 0.359 e. The Bertz CT molecular complexity index is 869. The highest BCUT2D eigenvalue weighted by Crippen LogP contribution is 2.21. The maximum Gasteiger partial charge on any atom is 0.245 e. The molecule has 0 spiro atoms. The van der Waals surface area contributed by atoms with Crippen molar-refractivity contribution < 1.29 is 9.32 Å². The van der Waals surface area contributed by atoms with Gasteiger partial charge in [0.15, 0.2) is 5.76 Å². The van der Waals surface area contributed by atoms with Crippen LogP contribution in [0.15, 0.2) is 47.5 Å². The Labute approximate surface area is 152 Å². The summed E-state index contributed by atoms with van der Waals surface area (Å²) in [6, 6.07) is 5.25. The second-order valence-corrected chi connectivity index (χ2v) is 6.63. The van der Waals surface area contributed by atoms with Crippen molar-refractivity contribution in [3.05, 3.63) is 54.6 Å². The zero-order chi connectivity index (χ0) is 18.7. The summed E-state index contributed by atoms with van der Waals surface area (Å²) in [6.07, 6.45) is 7.00. The summed E-state index contributed by atoms with van der Waals surface area (Å²) in [5.74, 6) is 1.78. The fourth-order valence-electron chi connectivity index (χ4n) is 2.90. The first-order valence-electron chi connectivity index (χ1n) is 8.61. The van der Waals surface area contributed by atoms with Crippen LogP contribution in [-0.4, -0.2) is 37.5 Å². The van der Waals surface area contributed by atoms with Crippen molar-refractivity contribution in [1.29, 1.82) is 0 Å². The molecule has 0 aliphatic rings. The van der Waals surface area contributed by atoms with Crippen molar-refractivity contribution in [3.63, 3.8) is 0 Å². The summed E-state index contributed by atoms with van der Waals surface area (Å²) in [6.45, 7) is 6.37. The van der Waals surface area contributed by atoms with Crippen molar-refractivity contribution >= 4 is 5.91 Å². The van der Waals surface area contributed by atoms with E-state index in [2.05, 4.69) is 29.0 Å². The monoisotopic (exact) mass is 353 g/mol. The number of nitrogens with zero attached hydrogens (tertiary/aromatic N) is 5. The first kappa shape index (κ1) is 17.8. The SMILES string of the molecule is CC(C)c1nccn1C(C)C(=O)N(C)Cc1cc(-c2ccncc2)no1. The van der Waals surface area contributed by atoms with Crippen LogP contribution in [0.1, 0.15) is 44.3 Å². The van der Waals surface area contributed by atoms with Crippen LogP contribution in [-0.2, 0) is 11.3 Å². The summed E-state index contributed by atoms with van der Waals surface area (Å²) >= 11 is 0.